The lowest BCUT2D eigenvalue weighted by molar-refractivity contribution is 0.132. The predicted molar refractivity (Wildman–Crippen MR) is 68.2 cm³/mol. The second-order valence-corrected chi connectivity index (χ2v) is 4.57. The van der Waals surface area contributed by atoms with Crippen LogP contribution in [0.15, 0.2) is 18.2 Å². The van der Waals surface area contributed by atoms with Gasteiger partial charge < -0.3 is 10.6 Å². The number of nitrogens with zero attached hydrogens (tertiary/aromatic N) is 2. The van der Waals surface area contributed by atoms with E-state index in [9.17, 15) is 4.39 Å². The summed E-state index contributed by atoms with van der Waals surface area (Å²) in [6.45, 7) is 8.44. The summed E-state index contributed by atoms with van der Waals surface area (Å²) in [6, 6.07) is 5.10. The van der Waals surface area contributed by atoms with E-state index in [0.29, 0.717) is 0 Å². The third-order valence-electron chi connectivity index (χ3n) is 3.38. The number of halogens is 1. The molecule has 0 saturated carbocycles. The number of rotatable bonds is 3. The third-order valence-corrected chi connectivity index (χ3v) is 3.38. The summed E-state index contributed by atoms with van der Waals surface area (Å²) in [5.41, 5.74) is 6.69. The average molecular weight is 237 g/mol. The number of nitrogens with two attached hydrogens (primary N) is 1. The van der Waals surface area contributed by atoms with Crippen molar-refractivity contribution in [3.05, 3.63) is 29.6 Å². The zero-order valence-corrected chi connectivity index (χ0v) is 10.3. The molecule has 0 aromatic heterocycles. The van der Waals surface area contributed by atoms with E-state index in [1.165, 1.54) is 0 Å². The molecule has 0 amide bonds. The largest absolute Gasteiger partial charge is 0.396 e. The van der Waals surface area contributed by atoms with Gasteiger partial charge in [0.1, 0.15) is 5.82 Å². The summed E-state index contributed by atoms with van der Waals surface area (Å²) < 4.78 is 13.3. The van der Waals surface area contributed by atoms with E-state index < -0.39 is 0 Å². The van der Waals surface area contributed by atoms with Crippen LogP contribution in [0.2, 0.25) is 0 Å². The number of nitrogen functional groups attached to an aromatic ring is 1. The normalized spacial score (nSPS) is 18.5. The second kappa shape index (κ2) is 5.47. The Kier molecular flexibility index (Phi) is 3.97. The molecule has 17 heavy (non-hydrogen) atoms. The first-order chi connectivity index (χ1) is 8.19. The Labute approximate surface area is 102 Å². The van der Waals surface area contributed by atoms with Crippen LogP contribution in [0.3, 0.4) is 0 Å². The number of piperazine rings is 1. The highest BCUT2D eigenvalue weighted by molar-refractivity contribution is 5.41. The lowest BCUT2D eigenvalue weighted by Crippen LogP contribution is -2.45. The fraction of sp³-hybridized carbons (Fsp3) is 0.538. The van der Waals surface area contributed by atoms with Crippen molar-refractivity contribution in [2.24, 2.45) is 0 Å². The monoisotopic (exact) mass is 237 g/mol. The number of benzene rings is 1. The topological polar surface area (TPSA) is 32.5 Å². The van der Waals surface area contributed by atoms with Crippen LogP contribution in [0, 0.1) is 5.82 Å². The number of likely N-dealkylation sites (N-methyl/N-ethyl adjacent to an activating group) is 1. The van der Waals surface area contributed by atoms with Crippen molar-refractivity contribution < 1.29 is 4.39 Å². The Morgan fingerprint density at radius 2 is 1.82 bits per heavy atom. The molecule has 3 nitrogen and oxygen atoms in total. The standard InChI is InChI=1S/C13H20FN3/c1-2-16-5-7-17(8-6-16)10-11-3-4-13(15)12(14)9-11/h3-4,9H,2,5-8,10,15H2,1H3. The van der Waals surface area contributed by atoms with E-state index in [0.717, 1.165) is 44.8 Å². The maximum Gasteiger partial charge on any atom is 0.146 e. The summed E-state index contributed by atoms with van der Waals surface area (Å²) in [6.07, 6.45) is 0. The molecule has 94 valence electrons. The van der Waals surface area contributed by atoms with Gasteiger partial charge in [0.2, 0.25) is 0 Å². The first-order valence-electron chi connectivity index (χ1n) is 6.17. The molecule has 0 radical (unpaired) electrons. The Balaban J connectivity index is 1.91. The van der Waals surface area contributed by atoms with Crippen molar-refractivity contribution in [1.82, 2.24) is 9.80 Å². The molecule has 0 aliphatic carbocycles. The third kappa shape index (κ3) is 3.17. The average Bonchev–Trinajstić information content (AvgIpc) is 2.35. The van der Waals surface area contributed by atoms with Gasteiger partial charge >= 0.3 is 0 Å². The Bertz CT molecular complexity index is 373. The molecule has 1 heterocycles. The van der Waals surface area contributed by atoms with E-state index in [1.807, 2.05) is 6.07 Å². The van der Waals surface area contributed by atoms with Gasteiger partial charge in [-0.1, -0.05) is 13.0 Å². The molecule has 1 fully saturated rings. The summed E-state index contributed by atoms with van der Waals surface area (Å²) >= 11 is 0. The van der Waals surface area contributed by atoms with E-state index in [1.54, 1.807) is 12.1 Å². The Morgan fingerprint density at radius 1 is 1.18 bits per heavy atom. The predicted octanol–water partition coefficient (Wildman–Crippen LogP) is 1.55. The molecule has 0 bridgehead atoms. The second-order valence-electron chi connectivity index (χ2n) is 4.57. The van der Waals surface area contributed by atoms with E-state index >= 15 is 0 Å². The minimum Gasteiger partial charge on any atom is -0.396 e. The molecule has 0 unspecified atom stereocenters. The number of anilines is 1. The van der Waals surface area contributed by atoms with Crippen molar-refractivity contribution in [3.63, 3.8) is 0 Å². The van der Waals surface area contributed by atoms with Crippen molar-refractivity contribution in [2.75, 3.05) is 38.5 Å². The minimum atomic E-state index is -0.310. The molecule has 1 aromatic rings. The minimum absolute atomic E-state index is 0.226. The van der Waals surface area contributed by atoms with Gasteiger partial charge in [-0.05, 0) is 24.2 Å². The lowest BCUT2D eigenvalue weighted by atomic mass is 10.1. The first kappa shape index (κ1) is 12.3. The molecule has 4 heteroatoms. The number of hydrogen-bond acceptors (Lipinski definition) is 3. The first-order valence-corrected chi connectivity index (χ1v) is 6.17. The zero-order chi connectivity index (χ0) is 12.3. The highest BCUT2D eigenvalue weighted by Crippen LogP contribution is 2.14. The summed E-state index contributed by atoms with van der Waals surface area (Å²) in [4.78, 5) is 4.79. The van der Waals surface area contributed by atoms with Crippen LogP contribution in [-0.2, 0) is 6.54 Å². The van der Waals surface area contributed by atoms with Gasteiger partial charge in [0, 0.05) is 32.7 Å². The van der Waals surface area contributed by atoms with Crippen molar-refractivity contribution >= 4 is 5.69 Å². The molecular formula is C13H20FN3. The molecule has 1 aliphatic heterocycles. The molecule has 1 aliphatic rings. The summed E-state index contributed by atoms with van der Waals surface area (Å²) in [5, 5.41) is 0. The van der Waals surface area contributed by atoms with Crippen LogP contribution in [0.1, 0.15) is 12.5 Å². The van der Waals surface area contributed by atoms with Gasteiger partial charge in [-0.15, -0.1) is 0 Å². The van der Waals surface area contributed by atoms with Crippen LogP contribution in [0.25, 0.3) is 0 Å². The van der Waals surface area contributed by atoms with Gasteiger partial charge in [0.05, 0.1) is 5.69 Å². The maximum atomic E-state index is 13.3. The molecule has 1 aromatic carbocycles. The van der Waals surface area contributed by atoms with Crippen molar-refractivity contribution in [2.45, 2.75) is 13.5 Å². The van der Waals surface area contributed by atoms with Crippen LogP contribution < -0.4 is 5.73 Å². The maximum absolute atomic E-state index is 13.3. The van der Waals surface area contributed by atoms with Gasteiger partial charge in [-0.2, -0.15) is 0 Å². The van der Waals surface area contributed by atoms with Gasteiger partial charge in [-0.3, -0.25) is 4.90 Å². The van der Waals surface area contributed by atoms with Crippen LogP contribution in [0.4, 0.5) is 10.1 Å². The molecule has 2 N–H and O–H groups in total. The highest BCUT2D eigenvalue weighted by Gasteiger charge is 2.15. The van der Waals surface area contributed by atoms with Crippen LogP contribution in [-0.4, -0.2) is 42.5 Å². The lowest BCUT2D eigenvalue weighted by Gasteiger charge is -2.34. The zero-order valence-electron chi connectivity index (χ0n) is 10.3. The van der Waals surface area contributed by atoms with Crippen molar-refractivity contribution in [1.29, 1.82) is 0 Å². The molecule has 1 saturated heterocycles. The molecular weight excluding hydrogens is 217 g/mol. The SMILES string of the molecule is CCN1CCN(Cc2ccc(N)c(F)c2)CC1. The van der Waals surface area contributed by atoms with Gasteiger partial charge in [0.25, 0.3) is 0 Å². The number of hydrogen-bond donors (Lipinski definition) is 1. The molecule has 0 spiro atoms. The fourth-order valence-electron chi connectivity index (χ4n) is 2.19. The quantitative estimate of drug-likeness (QED) is 0.810. The molecule has 2 rings (SSSR count). The van der Waals surface area contributed by atoms with E-state index in [2.05, 4.69) is 16.7 Å². The van der Waals surface area contributed by atoms with Crippen LogP contribution >= 0.6 is 0 Å². The Hall–Kier alpha value is -1.13. The summed E-state index contributed by atoms with van der Waals surface area (Å²) in [5.74, 6) is -0.310. The van der Waals surface area contributed by atoms with E-state index in [4.69, 9.17) is 5.73 Å². The van der Waals surface area contributed by atoms with E-state index in [-0.39, 0.29) is 11.5 Å². The Morgan fingerprint density at radius 3 is 2.41 bits per heavy atom. The summed E-state index contributed by atoms with van der Waals surface area (Å²) in [7, 11) is 0. The highest BCUT2D eigenvalue weighted by atomic mass is 19.1. The van der Waals surface area contributed by atoms with Gasteiger partial charge in [-0.25, -0.2) is 4.39 Å². The van der Waals surface area contributed by atoms with Crippen molar-refractivity contribution in [3.8, 4) is 0 Å². The van der Waals surface area contributed by atoms with Crippen LogP contribution in [0.5, 0.6) is 0 Å². The fourth-order valence-corrected chi connectivity index (χ4v) is 2.19. The van der Waals surface area contributed by atoms with Gasteiger partial charge in [0.15, 0.2) is 0 Å². The smallest absolute Gasteiger partial charge is 0.146 e. The molecule has 0 atom stereocenters.